The molecular formula is C19H56O5Si5. The molecule has 0 amide bonds. The van der Waals surface area contributed by atoms with E-state index in [2.05, 4.69) is 45.8 Å². The Bertz CT molecular complexity index is 343. The fourth-order valence-corrected chi connectivity index (χ4v) is 8.24. The van der Waals surface area contributed by atoms with Gasteiger partial charge in [-0.2, -0.15) is 0 Å². The van der Waals surface area contributed by atoms with Gasteiger partial charge in [-0.25, -0.2) is 0 Å². The van der Waals surface area contributed by atoms with E-state index in [4.69, 9.17) is 13.6 Å². The number of hydrogen-bond acceptors (Lipinski definition) is 5. The zero-order valence-electron chi connectivity index (χ0n) is 22.5. The molecule has 182 valence electrons. The molecule has 0 rings (SSSR count). The lowest BCUT2D eigenvalue weighted by Crippen LogP contribution is -2.44. The summed E-state index contributed by atoms with van der Waals surface area (Å²) in [6, 6.07) is 1.73. The van der Waals surface area contributed by atoms with Crippen molar-refractivity contribution < 1.29 is 23.2 Å². The zero-order valence-corrected chi connectivity index (χ0v) is 27.5. The summed E-state index contributed by atoms with van der Waals surface area (Å²) < 4.78 is 10.5. The summed E-state index contributed by atoms with van der Waals surface area (Å²) in [4.78, 5) is 27.6. The van der Waals surface area contributed by atoms with Crippen LogP contribution in [-0.2, 0) is 8.85 Å². The highest BCUT2D eigenvalue weighted by Crippen LogP contribution is 2.14. The lowest BCUT2D eigenvalue weighted by atomic mass is 10.5. The van der Waals surface area contributed by atoms with Crippen molar-refractivity contribution in [3.05, 3.63) is 0 Å². The van der Waals surface area contributed by atoms with Crippen molar-refractivity contribution in [1.82, 2.24) is 0 Å². The first kappa shape index (κ1) is 37.2. The Morgan fingerprint density at radius 1 is 0.690 bits per heavy atom. The molecule has 29 heavy (non-hydrogen) atoms. The van der Waals surface area contributed by atoms with E-state index in [1.165, 1.54) is 0 Å². The van der Waals surface area contributed by atoms with Gasteiger partial charge in [0.25, 0.3) is 0 Å². The maximum atomic E-state index is 9.61. The number of rotatable bonds is 7. The third-order valence-corrected chi connectivity index (χ3v) is 9.42. The Balaban J connectivity index is -0.000000151. The molecule has 0 spiro atoms. The normalized spacial score (nSPS) is 14.3. The minimum Gasteiger partial charge on any atom is -0.436 e. The van der Waals surface area contributed by atoms with Crippen LogP contribution in [0.2, 0.25) is 97.2 Å². The first-order chi connectivity index (χ1) is 12.3. The van der Waals surface area contributed by atoms with Crippen LogP contribution in [0.3, 0.4) is 0 Å². The van der Waals surface area contributed by atoms with Gasteiger partial charge in [-0.05, 0) is 77.4 Å². The number of hydrogen-bond donors (Lipinski definition) is 3. The van der Waals surface area contributed by atoms with Crippen molar-refractivity contribution >= 4 is 41.6 Å². The topological polar surface area (TPSA) is 79.2 Å². The van der Waals surface area contributed by atoms with E-state index in [0.717, 1.165) is 25.1 Å². The molecule has 1 atom stereocenters. The average molecular weight is 505 g/mol. The fraction of sp³-hybridized carbons (Fsp3) is 1.00. The molecular weight excluding hydrogens is 449 g/mol. The third-order valence-electron chi connectivity index (χ3n) is 2.32. The van der Waals surface area contributed by atoms with Gasteiger partial charge in [0.1, 0.15) is 0 Å². The molecule has 5 nitrogen and oxygen atoms in total. The second-order valence-electron chi connectivity index (χ2n) is 11.8. The second-order valence-corrected chi connectivity index (χ2v) is 34.4. The van der Waals surface area contributed by atoms with Gasteiger partial charge >= 0.3 is 8.56 Å². The summed E-state index contributed by atoms with van der Waals surface area (Å²) >= 11 is 0. The fourth-order valence-electron chi connectivity index (χ4n) is 1.38. The molecule has 0 aromatic carbocycles. The molecule has 0 aliphatic heterocycles. The first-order valence-electron chi connectivity index (χ1n) is 10.7. The monoisotopic (exact) mass is 504 g/mol. The molecule has 0 aromatic rings. The average Bonchev–Trinajstić information content (AvgIpc) is 2.31. The zero-order chi connectivity index (χ0) is 24.7. The third kappa shape index (κ3) is 82.7. The van der Waals surface area contributed by atoms with E-state index in [1.54, 1.807) is 7.11 Å². The molecule has 0 aliphatic rings. The summed E-state index contributed by atoms with van der Waals surface area (Å²) in [5, 5.41) is 0. The van der Waals surface area contributed by atoms with Crippen molar-refractivity contribution in [2.45, 2.75) is 111 Å². The number of ether oxygens (including phenoxy) is 1. The van der Waals surface area contributed by atoms with Gasteiger partial charge in [-0.3, -0.25) is 0 Å². The van der Waals surface area contributed by atoms with Gasteiger partial charge < -0.3 is 23.2 Å². The van der Waals surface area contributed by atoms with Crippen molar-refractivity contribution in [3.63, 3.8) is 0 Å². The highest BCUT2D eigenvalue weighted by atomic mass is 28.4. The van der Waals surface area contributed by atoms with Crippen LogP contribution in [0, 0.1) is 0 Å². The Morgan fingerprint density at radius 3 is 1.14 bits per heavy atom. The minimum atomic E-state index is -2.25. The van der Waals surface area contributed by atoms with Gasteiger partial charge in [0.15, 0.2) is 25.0 Å². The molecule has 0 bridgehead atoms. The maximum absolute atomic E-state index is 9.61. The minimum absolute atomic E-state index is 0.611. The number of methoxy groups -OCH3 is 1. The Kier molecular flexibility index (Phi) is 21.2. The smallest absolute Gasteiger partial charge is 0.321 e. The first-order valence-corrected chi connectivity index (χ1v) is 27.3. The van der Waals surface area contributed by atoms with Crippen LogP contribution in [0.5, 0.6) is 0 Å². The highest BCUT2D eigenvalue weighted by molar-refractivity contribution is 6.81. The standard InChI is InChI=1S/C6H18O2Si2.C6H16O2Si.C4H12Si.C3H10OSi/c1-6-10(5,7)8-9(2,3)4;1-8-5-4-6-9(2,3)7;2*1-5(2,3)4/h7H,6H2,1-5H3;7H,4-6H2,1-3H3;1-4H3;4H,1-3H3. The van der Waals surface area contributed by atoms with E-state index >= 15 is 0 Å². The van der Waals surface area contributed by atoms with Crippen LogP contribution in [-0.4, -0.2) is 69.7 Å². The van der Waals surface area contributed by atoms with Gasteiger partial charge in [-0.1, -0.05) is 33.1 Å². The van der Waals surface area contributed by atoms with E-state index in [0.29, 0.717) is 0 Å². The second kappa shape index (κ2) is 16.5. The highest BCUT2D eigenvalue weighted by Gasteiger charge is 2.30. The molecule has 0 saturated carbocycles. The lowest BCUT2D eigenvalue weighted by Gasteiger charge is -2.28. The molecule has 1 unspecified atom stereocenters. The predicted molar refractivity (Wildman–Crippen MR) is 145 cm³/mol. The SMILES string of the molecule is CC[Si](C)(O)O[Si](C)(C)C.COCCC[Si](C)(C)O.C[Si](C)(C)C.C[Si](C)(C)O. The molecule has 0 radical (unpaired) electrons. The van der Waals surface area contributed by atoms with E-state index in [9.17, 15) is 9.59 Å². The Labute approximate surface area is 188 Å². The predicted octanol–water partition coefficient (Wildman–Crippen LogP) is 5.91. The van der Waals surface area contributed by atoms with Crippen LogP contribution in [0.15, 0.2) is 0 Å². The Morgan fingerprint density at radius 2 is 1.00 bits per heavy atom. The largest absolute Gasteiger partial charge is 0.436 e. The summed E-state index contributed by atoms with van der Waals surface area (Å²) in [5.74, 6) is 0. The maximum Gasteiger partial charge on any atom is 0.321 e. The van der Waals surface area contributed by atoms with Crippen molar-refractivity contribution in [2.24, 2.45) is 0 Å². The molecule has 0 aromatic heterocycles. The molecule has 0 fully saturated rings. The van der Waals surface area contributed by atoms with Gasteiger partial charge in [0, 0.05) is 21.8 Å². The summed E-state index contributed by atoms with van der Waals surface area (Å²) in [6.45, 7) is 29.8. The van der Waals surface area contributed by atoms with Crippen LogP contribution in [0.4, 0.5) is 0 Å². The lowest BCUT2D eigenvalue weighted by molar-refractivity contribution is 0.198. The van der Waals surface area contributed by atoms with Gasteiger partial charge in [0.2, 0.25) is 0 Å². The van der Waals surface area contributed by atoms with E-state index in [1.807, 2.05) is 46.2 Å². The molecule has 0 heterocycles. The van der Waals surface area contributed by atoms with Crippen LogP contribution in [0.1, 0.15) is 13.3 Å². The molecule has 0 aliphatic carbocycles. The quantitative estimate of drug-likeness (QED) is 0.296. The Hall–Kier alpha value is 0.884. The molecule has 10 heteroatoms. The van der Waals surface area contributed by atoms with Crippen molar-refractivity contribution in [3.8, 4) is 0 Å². The van der Waals surface area contributed by atoms with Gasteiger partial charge in [-0.15, -0.1) is 0 Å². The van der Waals surface area contributed by atoms with E-state index in [-0.39, 0.29) is 0 Å². The molecule has 0 saturated heterocycles. The van der Waals surface area contributed by atoms with Gasteiger partial charge in [0.05, 0.1) is 0 Å². The van der Waals surface area contributed by atoms with Crippen molar-refractivity contribution in [2.75, 3.05) is 13.7 Å². The summed E-state index contributed by atoms with van der Waals surface area (Å²) in [6.07, 6.45) is 0.992. The van der Waals surface area contributed by atoms with Crippen LogP contribution >= 0.6 is 0 Å². The van der Waals surface area contributed by atoms with Crippen LogP contribution < -0.4 is 0 Å². The van der Waals surface area contributed by atoms with Crippen molar-refractivity contribution in [1.29, 1.82) is 0 Å². The summed E-state index contributed by atoms with van der Waals surface area (Å²) in [5.41, 5.74) is 0. The van der Waals surface area contributed by atoms with E-state index < -0.39 is 41.6 Å². The molecule has 3 N–H and O–H groups in total. The van der Waals surface area contributed by atoms with Crippen LogP contribution in [0.25, 0.3) is 0 Å². The summed E-state index contributed by atoms with van der Waals surface area (Å²) in [7, 11) is -6.06.